The van der Waals surface area contributed by atoms with E-state index in [1.165, 1.54) is 25.6 Å². The van der Waals surface area contributed by atoms with Gasteiger partial charge in [-0.1, -0.05) is 0 Å². The second-order valence-electron chi connectivity index (χ2n) is 6.56. The standard InChI is InChI=1S/C25H22O2Se/c1-26-22-12-8-19(9-13-22)24-16-21(18-6-4-3-5-7-18)17-25(28-24)20-10-14-23(27-2)15-11-20/h3-17,21H,1-2H3. The van der Waals surface area contributed by atoms with Crippen LogP contribution in [0, 0.1) is 0 Å². The van der Waals surface area contributed by atoms with Gasteiger partial charge in [0, 0.05) is 0 Å². The van der Waals surface area contributed by atoms with Crippen molar-refractivity contribution in [1.29, 1.82) is 0 Å². The zero-order chi connectivity index (χ0) is 19.3. The van der Waals surface area contributed by atoms with Crippen LogP contribution in [0.4, 0.5) is 0 Å². The van der Waals surface area contributed by atoms with Crippen molar-refractivity contribution >= 4 is 23.9 Å². The normalized spacial score (nSPS) is 14.2. The summed E-state index contributed by atoms with van der Waals surface area (Å²) in [4.78, 5) is 0. The second kappa shape index (κ2) is 8.52. The van der Waals surface area contributed by atoms with Gasteiger partial charge < -0.3 is 0 Å². The van der Waals surface area contributed by atoms with Crippen LogP contribution in [0.3, 0.4) is 0 Å². The second-order valence-corrected chi connectivity index (χ2v) is 8.83. The molecule has 0 radical (unpaired) electrons. The molecule has 28 heavy (non-hydrogen) atoms. The van der Waals surface area contributed by atoms with E-state index >= 15 is 0 Å². The molecule has 3 heteroatoms. The van der Waals surface area contributed by atoms with Gasteiger partial charge in [0.2, 0.25) is 0 Å². The summed E-state index contributed by atoms with van der Waals surface area (Å²) < 4.78 is 13.4. The molecule has 0 aliphatic carbocycles. The maximum absolute atomic E-state index is 5.32. The van der Waals surface area contributed by atoms with Crippen LogP contribution in [-0.4, -0.2) is 29.2 Å². The molecule has 0 saturated heterocycles. The van der Waals surface area contributed by atoms with Crippen molar-refractivity contribution in [3.8, 4) is 11.5 Å². The summed E-state index contributed by atoms with van der Waals surface area (Å²) in [5.74, 6) is 2.04. The van der Waals surface area contributed by atoms with Gasteiger partial charge in [-0.15, -0.1) is 0 Å². The molecule has 0 fully saturated rings. The van der Waals surface area contributed by atoms with E-state index in [2.05, 4.69) is 66.7 Å². The average Bonchev–Trinajstić information content (AvgIpc) is 2.79. The molecule has 1 aliphatic rings. The molecule has 3 aromatic rings. The summed E-state index contributed by atoms with van der Waals surface area (Å²) in [5, 5.41) is 0. The summed E-state index contributed by atoms with van der Waals surface area (Å²) in [5.41, 5.74) is 3.84. The molecule has 0 unspecified atom stereocenters. The minimum absolute atomic E-state index is 0.231. The van der Waals surface area contributed by atoms with Crippen LogP contribution in [0.2, 0.25) is 0 Å². The predicted octanol–water partition coefficient (Wildman–Crippen LogP) is 5.59. The summed E-state index contributed by atoms with van der Waals surface area (Å²) in [7, 11) is 3.41. The van der Waals surface area contributed by atoms with Crippen molar-refractivity contribution in [1.82, 2.24) is 0 Å². The third-order valence-corrected chi connectivity index (χ3v) is 7.30. The molecular weight excluding hydrogens is 411 g/mol. The van der Waals surface area contributed by atoms with Crippen LogP contribution in [0.1, 0.15) is 22.6 Å². The van der Waals surface area contributed by atoms with Crippen LogP contribution in [0.5, 0.6) is 11.5 Å². The Morgan fingerprint density at radius 3 is 1.50 bits per heavy atom. The molecule has 0 aromatic heterocycles. The first kappa shape index (κ1) is 18.6. The van der Waals surface area contributed by atoms with Crippen molar-refractivity contribution in [2.75, 3.05) is 14.2 Å². The molecule has 4 rings (SSSR count). The zero-order valence-electron chi connectivity index (χ0n) is 16.0. The SMILES string of the molecule is COc1ccc(C2=CC(c3ccccc3)C=C(c3ccc(OC)cc3)[Se]2)cc1. The zero-order valence-corrected chi connectivity index (χ0v) is 17.7. The number of ether oxygens (including phenoxy) is 2. The number of rotatable bonds is 5. The van der Waals surface area contributed by atoms with E-state index in [0.717, 1.165) is 11.5 Å². The molecule has 0 spiro atoms. The molecule has 0 saturated carbocycles. The summed E-state index contributed by atoms with van der Waals surface area (Å²) in [6, 6.07) is 27.5. The van der Waals surface area contributed by atoms with E-state index in [0.29, 0.717) is 0 Å². The van der Waals surface area contributed by atoms with Crippen molar-refractivity contribution in [2.45, 2.75) is 5.92 Å². The van der Waals surface area contributed by atoms with Gasteiger partial charge in [0.05, 0.1) is 0 Å². The Morgan fingerprint density at radius 2 is 1.07 bits per heavy atom. The van der Waals surface area contributed by atoms with E-state index in [1.807, 2.05) is 24.3 Å². The van der Waals surface area contributed by atoms with E-state index in [4.69, 9.17) is 9.47 Å². The number of hydrogen-bond acceptors (Lipinski definition) is 2. The Kier molecular flexibility index (Phi) is 5.66. The number of hydrogen-bond donors (Lipinski definition) is 0. The number of methoxy groups -OCH3 is 2. The van der Waals surface area contributed by atoms with Gasteiger partial charge in [-0.05, 0) is 0 Å². The fraction of sp³-hybridized carbons (Fsp3) is 0.120. The molecule has 0 amide bonds. The Balaban J connectivity index is 1.73. The average molecular weight is 433 g/mol. The maximum atomic E-state index is 5.32. The molecular formula is C25H22O2Se. The van der Waals surface area contributed by atoms with Gasteiger partial charge in [0.1, 0.15) is 0 Å². The van der Waals surface area contributed by atoms with E-state index in [1.54, 1.807) is 14.2 Å². The molecule has 2 nitrogen and oxygen atoms in total. The molecule has 1 heterocycles. The van der Waals surface area contributed by atoms with Crippen LogP contribution < -0.4 is 9.47 Å². The summed E-state index contributed by atoms with van der Waals surface area (Å²) in [6.45, 7) is 0. The Bertz CT molecular complexity index is 923. The topological polar surface area (TPSA) is 18.5 Å². The van der Waals surface area contributed by atoms with Crippen LogP contribution in [0.15, 0.2) is 91.0 Å². The fourth-order valence-corrected chi connectivity index (χ4v) is 5.71. The van der Waals surface area contributed by atoms with Gasteiger partial charge in [0.15, 0.2) is 0 Å². The monoisotopic (exact) mass is 434 g/mol. The van der Waals surface area contributed by atoms with Gasteiger partial charge in [-0.3, -0.25) is 0 Å². The van der Waals surface area contributed by atoms with Crippen molar-refractivity contribution in [3.63, 3.8) is 0 Å². The molecule has 0 bridgehead atoms. The first-order valence-corrected chi connectivity index (χ1v) is 10.9. The first-order chi connectivity index (χ1) is 13.8. The van der Waals surface area contributed by atoms with Crippen molar-refractivity contribution in [2.24, 2.45) is 0 Å². The van der Waals surface area contributed by atoms with Gasteiger partial charge in [-0.2, -0.15) is 0 Å². The Labute approximate surface area is 172 Å². The molecule has 1 aliphatic heterocycles. The van der Waals surface area contributed by atoms with Crippen LogP contribution in [0.25, 0.3) is 8.94 Å². The third-order valence-electron chi connectivity index (χ3n) is 4.82. The number of allylic oxidation sites excluding steroid dienone is 2. The summed E-state index contributed by atoms with van der Waals surface area (Å²) in [6.07, 6.45) is 4.81. The van der Waals surface area contributed by atoms with E-state index in [9.17, 15) is 0 Å². The van der Waals surface area contributed by atoms with Gasteiger partial charge in [0.25, 0.3) is 0 Å². The van der Waals surface area contributed by atoms with Crippen LogP contribution in [-0.2, 0) is 0 Å². The molecule has 140 valence electrons. The molecule has 3 aromatic carbocycles. The third kappa shape index (κ3) is 4.06. The van der Waals surface area contributed by atoms with Crippen molar-refractivity contribution in [3.05, 3.63) is 108 Å². The fourth-order valence-electron chi connectivity index (χ4n) is 3.25. The van der Waals surface area contributed by atoms with Gasteiger partial charge in [-0.25, -0.2) is 0 Å². The molecule has 0 atom stereocenters. The Hall–Kier alpha value is -2.74. The van der Waals surface area contributed by atoms with Gasteiger partial charge >= 0.3 is 173 Å². The molecule has 0 N–H and O–H groups in total. The predicted molar refractivity (Wildman–Crippen MR) is 117 cm³/mol. The number of benzene rings is 3. The Morgan fingerprint density at radius 1 is 0.607 bits per heavy atom. The first-order valence-electron chi connectivity index (χ1n) is 9.22. The minimum atomic E-state index is 0.231. The summed E-state index contributed by atoms with van der Waals surface area (Å²) >= 11 is 0.231. The van der Waals surface area contributed by atoms with E-state index < -0.39 is 0 Å². The quantitative estimate of drug-likeness (QED) is 0.489. The van der Waals surface area contributed by atoms with E-state index in [-0.39, 0.29) is 20.9 Å². The van der Waals surface area contributed by atoms with Crippen LogP contribution >= 0.6 is 0 Å². The van der Waals surface area contributed by atoms with Crippen molar-refractivity contribution < 1.29 is 9.47 Å².